The Morgan fingerprint density at radius 2 is 0.780 bits per heavy atom. The molecule has 4 saturated carbocycles. The Morgan fingerprint density at radius 3 is 1.19 bits per heavy atom. The molecule has 17 heterocycles. The maximum absolute atomic E-state index is 11.5. The summed E-state index contributed by atoms with van der Waals surface area (Å²) >= 11 is 21.0. The molecule has 0 spiro atoms. The number of pyridine rings is 1. The maximum Gasteiger partial charge on any atom is 0.185 e. The van der Waals surface area contributed by atoms with Crippen LogP contribution in [0.4, 0.5) is 69.8 Å². The molecule has 0 bridgehead atoms. The summed E-state index contributed by atoms with van der Waals surface area (Å²) in [4.78, 5) is 37.1. The van der Waals surface area contributed by atoms with Gasteiger partial charge in [-0.1, -0.05) is 57.4 Å². The number of nitrogens with one attached hydrogen (secondary N) is 12. The van der Waals surface area contributed by atoms with Crippen LogP contribution in [-0.2, 0) is 20.1 Å². The molecule has 14 aromatic heterocycles. The highest BCUT2D eigenvalue weighted by Gasteiger charge is 2.33. The van der Waals surface area contributed by atoms with E-state index in [9.17, 15) is 30.7 Å². The van der Waals surface area contributed by atoms with E-state index in [0.717, 1.165) is 258 Å². The van der Waals surface area contributed by atoms with Crippen molar-refractivity contribution >= 4 is 210 Å². The Balaban J connectivity index is 0.000000124. The number of aryl methyl sites for hydroxylation is 1. The van der Waals surface area contributed by atoms with Gasteiger partial charge in [-0.15, -0.1) is 0 Å². The SMILES string of the molecule is CN(C)CCCNc1cc(N[C@H]2CCCC[C@H]2CO)nc2c(Br)cnn12.Cn1cnc2cc(CNc3cc(N[C@H]4CCCC[C@H]4CO)nc4c(Br)cnn34)ccc21.Nc1cc(N[C@H]2CCCC[C@H]2CO)nc2c(Br)cnn12.Nc1cc(N[C@H]2CCNC2)nc2c(Br)cnn12.OC[C@@H]1CCCC[C@@H]1Nc1cc(NCCCN2CCCC2)n2ncc(Br)c2n1.[O-][n+]1cccc(CNc2cc(N[C@@H]3CCNC[C@@H]3CO)nc3c(Br)cnn23)c1. The zero-order valence-corrected chi connectivity index (χ0v) is 94.3. The van der Waals surface area contributed by atoms with Crippen LogP contribution in [0, 0.1) is 34.8 Å². The van der Waals surface area contributed by atoms with Crippen molar-refractivity contribution in [2.45, 2.75) is 191 Å². The average molecular weight is 2450 g/mol. The summed E-state index contributed by atoms with van der Waals surface area (Å²) in [5.41, 5.74) is 20.5. The molecule has 49 heteroatoms. The first-order valence-electron chi connectivity index (χ1n) is 52.2. The maximum atomic E-state index is 11.5. The monoisotopic (exact) mass is 2440 g/mol. The second-order valence-electron chi connectivity index (χ2n) is 39.9. The Morgan fingerprint density at radius 1 is 0.413 bits per heavy atom. The third-order valence-corrected chi connectivity index (χ3v) is 32.3. The van der Waals surface area contributed by atoms with Crippen molar-refractivity contribution in [1.82, 2.24) is 118 Å². The van der Waals surface area contributed by atoms with E-state index >= 15 is 0 Å². The number of halogens is 6. The van der Waals surface area contributed by atoms with Gasteiger partial charge in [0, 0.05) is 193 Å². The van der Waals surface area contributed by atoms with Crippen LogP contribution in [0.2, 0.25) is 0 Å². The highest BCUT2D eigenvalue weighted by atomic mass is 79.9. The number of aliphatic hydroxyl groups is 5. The lowest BCUT2D eigenvalue weighted by molar-refractivity contribution is -0.605. The van der Waals surface area contributed by atoms with Gasteiger partial charge in [-0.05, 0) is 263 Å². The fourth-order valence-corrected chi connectivity index (χ4v) is 22.8. The second-order valence-corrected chi connectivity index (χ2v) is 45.0. The van der Waals surface area contributed by atoms with Gasteiger partial charge in [0.2, 0.25) is 0 Å². The minimum Gasteiger partial charge on any atom is -0.619 e. The number of hydrogen-bond acceptors (Lipinski definition) is 35. The number of nitrogens with two attached hydrogens (primary N) is 2. The van der Waals surface area contributed by atoms with Crippen molar-refractivity contribution in [3.63, 3.8) is 0 Å². The first kappa shape index (κ1) is 111. The number of imidazole rings is 1. The van der Waals surface area contributed by atoms with Crippen LogP contribution in [0.3, 0.4) is 0 Å². The summed E-state index contributed by atoms with van der Waals surface area (Å²) < 4.78 is 18.3. The Kier molecular flexibility index (Phi) is 39.7. The number of fused-ring (bicyclic) bond motifs is 7. The van der Waals surface area contributed by atoms with E-state index in [1.54, 1.807) is 67.4 Å². The summed E-state index contributed by atoms with van der Waals surface area (Å²) in [5.74, 6) is 10.6. The highest BCUT2D eigenvalue weighted by Crippen LogP contribution is 2.37. The van der Waals surface area contributed by atoms with E-state index in [4.69, 9.17) is 26.4 Å². The van der Waals surface area contributed by atoms with Gasteiger partial charge in [-0.3, -0.25) is 0 Å². The van der Waals surface area contributed by atoms with Gasteiger partial charge in [0.05, 0.1) is 81.4 Å². The predicted molar refractivity (Wildman–Crippen MR) is 610 cm³/mol. The molecule has 7 aliphatic rings. The smallest absolute Gasteiger partial charge is 0.185 e. The normalized spacial score (nSPS) is 20.9. The number of piperidine rings is 1. The Labute approximate surface area is 921 Å². The van der Waals surface area contributed by atoms with E-state index in [1.807, 2.05) is 63.4 Å². The molecule has 0 unspecified atom stereocenters. The van der Waals surface area contributed by atoms with Gasteiger partial charge in [0.1, 0.15) is 69.8 Å². The molecule has 806 valence electrons. The Bertz CT molecular complexity index is 6890. The number of rotatable bonds is 33. The van der Waals surface area contributed by atoms with Gasteiger partial charge in [0.25, 0.3) is 0 Å². The van der Waals surface area contributed by atoms with Crippen LogP contribution in [0.5, 0.6) is 0 Å². The fraction of sp³-hybridized carbons (Fsp3) is 0.525. The van der Waals surface area contributed by atoms with E-state index in [1.165, 1.54) is 89.7 Å². The summed E-state index contributed by atoms with van der Waals surface area (Å²) in [5, 5.41) is 127. The lowest BCUT2D eigenvalue weighted by atomic mass is 9.85. The van der Waals surface area contributed by atoms with Crippen LogP contribution in [0.15, 0.2) is 149 Å². The number of aliphatic hydroxyl groups excluding tert-OH is 5. The molecule has 4 aliphatic carbocycles. The number of aromatic nitrogens is 21. The van der Waals surface area contributed by atoms with Gasteiger partial charge >= 0.3 is 0 Å². The zero-order chi connectivity index (χ0) is 105. The molecule has 11 atom stereocenters. The largest absolute Gasteiger partial charge is 0.619 e. The number of anilines is 12. The summed E-state index contributed by atoms with van der Waals surface area (Å²) in [6, 6.07) is 23.1. The van der Waals surface area contributed by atoms with E-state index in [0.29, 0.717) is 59.7 Å². The molecule has 22 rings (SSSR count). The molecule has 7 fully saturated rings. The number of nitrogen functional groups attached to an aromatic ring is 2. The van der Waals surface area contributed by atoms with E-state index in [2.05, 4.69) is 252 Å². The summed E-state index contributed by atoms with van der Waals surface area (Å²) in [6.07, 6.45) is 40.1. The molecule has 3 aliphatic heterocycles. The lowest BCUT2D eigenvalue weighted by Crippen LogP contribution is -2.45. The minimum atomic E-state index is 0.123. The van der Waals surface area contributed by atoms with Crippen molar-refractivity contribution in [3.05, 3.63) is 166 Å². The van der Waals surface area contributed by atoms with Crippen molar-refractivity contribution < 1.29 is 30.3 Å². The fourth-order valence-electron chi connectivity index (χ4n) is 20.7. The molecular formula is C101H139Br6N37O6. The van der Waals surface area contributed by atoms with E-state index in [-0.39, 0.29) is 81.0 Å². The van der Waals surface area contributed by atoms with Crippen molar-refractivity contribution in [3.8, 4) is 0 Å². The molecule has 43 nitrogen and oxygen atoms in total. The second kappa shape index (κ2) is 53.8. The van der Waals surface area contributed by atoms with Gasteiger partial charge < -0.3 is 120 Å². The number of hydrogen-bond donors (Lipinski definition) is 19. The summed E-state index contributed by atoms with van der Waals surface area (Å²) in [6.45, 7) is 12.3. The molecule has 3 saturated heterocycles. The van der Waals surface area contributed by atoms with Gasteiger partial charge in [-0.25, -0.2) is 34.9 Å². The molecule has 1 aromatic carbocycles. The summed E-state index contributed by atoms with van der Waals surface area (Å²) in [7, 11) is 6.16. The van der Waals surface area contributed by atoms with Gasteiger partial charge in [-0.2, -0.15) is 62.4 Å². The molecule has 150 heavy (non-hydrogen) atoms. The van der Waals surface area contributed by atoms with Crippen LogP contribution in [-0.4, -0.2) is 281 Å². The zero-order valence-electron chi connectivity index (χ0n) is 84.8. The van der Waals surface area contributed by atoms with Crippen LogP contribution >= 0.6 is 95.6 Å². The predicted octanol–water partition coefficient (Wildman–Crippen LogP) is 14.1. The minimum absolute atomic E-state index is 0.123. The van der Waals surface area contributed by atoms with Crippen molar-refractivity contribution in [2.24, 2.45) is 36.6 Å². The molecular weight excluding hydrogens is 2310 g/mol. The first-order chi connectivity index (χ1) is 73.0. The van der Waals surface area contributed by atoms with Crippen molar-refractivity contribution in [2.75, 3.05) is 177 Å². The lowest BCUT2D eigenvalue weighted by Gasteiger charge is -2.32. The molecule has 0 amide bonds. The third-order valence-electron chi connectivity index (χ3n) is 28.9. The quantitative estimate of drug-likeness (QED) is 0.0103. The van der Waals surface area contributed by atoms with E-state index < -0.39 is 0 Å². The molecule has 21 N–H and O–H groups in total. The molecule has 15 aromatic rings. The third kappa shape index (κ3) is 28.7. The number of likely N-dealkylation sites (tertiary alicyclic amines) is 1. The number of nitrogens with zero attached hydrogens (tertiary/aromatic N) is 23. The van der Waals surface area contributed by atoms with Crippen LogP contribution in [0.1, 0.15) is 152 Å². The van der Waals surface area contributed by atoms with Crippen LogP contribution < -0.4 is 80.0 Å². The number of benzene rings is 1. The molecule has 0 radical (unpaired) electrons. The topological polar surface area (TPSA) is 530 Å². The average Bonchev–Trinajstić information content (AvgIpc) is 1.65. The Hall–Kier alpha value is -10.5. The highest BCUT2D eigenvalue weighted by molar-refractivity contribution is 9.11. The first-order valence-corrected chi connectivity index (χ1v) is 57.0. The standard InChI is InChI=1S/C22H26BrN7O.C20H31BrN6O.C18H22BrN7O2.C18H29BrN6O.C13H18BrN5O.C10H13BrN6/c1-29-13-25-18-8-14(6-7-19(18)29)10-24-21-9-20(28-22-16(23)11-26-30(21)22)27-17-5-3-2-4-15(17)12-31;21-16-13-23-27-19(22-8-5-11-26-9-3-4-10-26)12-18(25-20(16)27)24-17-7-2-1-6-15(17)14-28;19-14-9-22-26-17(21-7-12-2-1-5-25(28)10-12)6-16(24-18(14)26)23-15-3-4-20-8-13(15)11-27;1-24(2)9-5-8-20-17-10-16(23-18-14(19)11-21-25(17)18)22-15-7-4-3-6-13(15)12-26;14-9-6-16-19-11(15)5-12(18-13(9)19)17-10-4-2-1-3-8(10)7-20;11-7-5-14-17-8(12)3-9(16-10(7)17)15-6-1-2-13-4-6/h6-9,11,13,15,17,24,31H,2-5,10,12H2,1H3,(H,27,28);12-13,15,17,22,28H,1-11,14H2,(H,24,25);1-2,5-6,9-10,13,15,20-21,27H,3-4,7-8,11H2,(H,23,24);10-11,13,15,20,26H,3-9,12H2,1-2H3,(H,22,23);5-6,8,10,20H,1-4,7,15H2,(H,17,18);3,5-6,13H,1-2,4,12H2,(H,15,16)/t2*15-,17-;2*13-,15-;8-,10-;6-/m001000/s1. The van der Waals surface area contributed by atoms with Crippen molar-refractivity contribution in [1.29, 1.82) is 0 Å². The van der Waals surface area contributed by atoms with Gasteiger partial charge in [0.15, 0.2) is 46.3 Å². The van der Waals surface area contributed by atoms with Crippen LogP contribution in [0.25, 0.3) is 44.9 Å².